The van der Waals surface area contributed by atoms with E-state index in [2.05, 4.69) is 27.8 Å². The zero-order valence-electron chi connectivity index (χ0n) is 13.7. The van der Waals surface area contributed by atoms with E-state index in [1.165, 1.54) is 0 Å². The summed E-state index contributed by atoms with van der Waals surface area (Å²) in [5, 5.41) is 7.13. The quantitative estimate of drug-likeness (QED) is 0.928. The molecule has 2 aromatic heterocycles. The second-order valence-corrected chi connectivity index (χ2v) is 6.87. The zero-order valence-corrected chi connectivity index (χ0v) is 14.5. The summed E-state index contributed by atoms with van der Waals surface area (Å²) in [5.74, 6) is 0.151. The molecule has 0 aromatic carbocycles. The van der Waals surface area contributed by atoms with Crippen molar-refractivity contribution in [3.05, 3.63) is 40.8 Å². The minimum absolute atomic E-state index is 0.00591. The first kappa shape index (κ1) is 16.6. The molecule has 0 aliphatic carbocycles. The van der Waals surface area contributed by atoms with E-state index in [-0.39, 0.29) is 17.7 Å². The smallest absolute Gasteiger partial charge is 0.223 e. The minimum atomic E-state index is -0.00591. The molecule has 1 fully saturated rings. The zero-order chi connectivity index (χ0) is 16.9. The molecule has 0 radical (unpaired) electrons. The minimum Gasteiger partial charge on any atom is -0.352 e. The number of aromatic nitrogens is 1. The maximum atomic E-state index is 12.3. The molecule has 0 atom stereocenters. The summed E-state index contributed by atoms with van der Waals surface area (Å²) in [7, 11) is 0. The van der Waals surface area contributed by atoms with E-state index in [9.17, 15) is 9.59 Å². The largest absolute Gasteiger partial charge is 0.352 e. The Balaban J connectivity index is 1.53. The highest BCUT2D eigenvalue weighted by Crippen LogP contribution is 2.22. The van der Waals surface area contributed by atoms with Crippen molar-refractivity contribution in [3.8, 4) is 11.1 Å². The lowest BCUT2D eigenvalue weighted by molar-refractivity contribution is -0.134. The first-order chi connectivity index (χ1) is 11.6. The molecule has 5 nitrogen and oxygen atoms in total. The average molecular weight is 343 g/mol. The number of nitrogens with one attached hydrogen (secondary N) is 1. The Morgan fingerprint density at radius 2 is 2.08 bits per heavy atom. The lowest BCUT2D eigenvalue weighted by Gasteiger charge is -2.30. The van der Waals surface area contributed by atoms with E-state index >= 15 is 0 Å². The van der Waals surface area contributed by atoms with Gasteiger partial charge >= 0.3 is 0 Å². The number of pyridine rings is 1. The topological polar surface area (TPSA) is 62.3 Å². The third-order valence-electron chi connectivity index (χ3n) is 4.43. The van der Waals surface area contributed by atoms with Gasteiger partial charge in [-0.1, -0.05) is 0 Å². The van der Waals surface area contributed by atoms with E-state index in [0.29, 0.717) is 19.6 Å². The van der Waals surface area contributed by atoms with Gasteiger partial charge < -0.3 is 10.2 Å². The van der Waals surface area contributed by atoms with Gasteiger partial charge in [0, 0.05) is 50.4 Å². The Hall–Kier alpha value is -2.21. The van der Waals surface area contributed by atoms with E-state index in [1.54, 1.807) is 29.4 Å². The van der Waals surface area contributed by atoms with Crippen LogP contribution in [0.5, 0.6) is 0 Å². The van der Waals surface area contributed by atoms with Gasteiger partial charge in [-0.25, -0.2) is 0 Å². The summed E-state index contributed by atoms with van der Waals surface area (Å²) in [6.07, 6.45) is 5.09. The molecular weight excluding hydrogens is 322 g/mol. The van der Waals surface area contributed by atoms with Crippen LogP contribution in [0.3, 0.4) is 0 Å². The highest BCUT2D eigenvalue weighted by molar-refractivity contribution is 7.08. The van der Waals surface area contributed by atoms with Crippen molar-refractivity contribution in [2.75, 3.05) is 13.1 Å². The number of thiophene rings is 1. The maximum Gasteiger partial charge on any atom is 0.223 e. The van der Waals surface area contributed by atoms with Gasteiger partial charge in [-0.15, -0.1) is 0 Å². The molecule has 0 unspecified atom stereocenters. The predicted octanol–water partition coefficient (Wildman–Crippen LogP) is 2.68. The summed E-state index contributed by atoms with van der Waals surface area (Å²) in [6, 6.07) is 4.13. The van der Waals surface area contributed by atoms with E-state index in [4.69, 9.17) is 0 Å². The summed E-state index contributed by atoms with van der Waals surface area (Å²) in [6.45, 7) is 3.40. The third kappa shape index (κ3) is 4.00. The SMILES string of the molecule is CC(=O)N1CCC(C(=O)NCc2cncc(-c3ccsc3)c2)CC1. The molecule has 1 aliphatic rings. The molecule has 0 spiro atoms. The number of carbonyl (C=O) groups excluding carboxylic acids is 2. The van der Waals surface area contributed by atoms with Crippen LogP contribution in [0.1, 0.15) is 25.3 Å². The lowest BCUT2D eigenvalue weighted by atomic mass is 9.96. The Morgan fingerprint density at radius 1 is 1.29 bits per heavy atom. The fourth-order valence-corrected chi connectivity index (χ4v) is 3.63. The predicted molar refractivity (Wildman–Crippen MR) is 94.4 cm³/mol. The highest BCUT2D eigenvalue weighted by atomic mass is 32.1. The maximum absolute atomic E-state index is 12.3. The van der Waals surface area contributed by atoms with Gasteiger partial charge in [0.1, 0.15) is 0 Å². The lowest BCUT2D eigenvalue weighted by Crippen LogP contribution is -2.42. The number of rotatable bonds is 4. The van der Waals surface area contributed by atoms with Crippen molar-refractivity contribution >= 4 is 23.2 Å². The first-order valence-corrected chi connectivity index (χ1v) is 9.07. The number of carbonyl (C=O) groups is 2. The molecule has 1 N–H and O–H groups in total. The van der Waals surface area contributed by atoms with Gasteiger partial charge in [-0.3, -0.25) is 14.6 Å². The van der Waals surface area contributed by atoms with E-state index in [0.717, 1.165) is 29.5 Å². The van der Waals surface area contributed by atoms with Gasteiger partial charge in [0.25, 0.3) is 0 Å². The van der Waals surface area contributed by atoms with E-state index < -0.39 is 0 Å². The summed E-state index contributed by atoms with van der Waals surface area (Å²) in [5.41, 5.74) is 3.21. The first-order valence-electron chi connectivity index (χ1n) is 8.13. The molecule has 1 saturated heterocycles. The normalized spacial score (nSPS) is 15.3. The summed E-state index contributed by atoms with van der Waals surface area (Å²) >= 11 is 1.65. The van der Waals surface area contributed by atoms with Crippen LogP contribution in [-0.4, -0.2) is 34.8 Å². The fourth-order valence-electron chi connectivity index (χ4n) is 2.96. The Kier molecular flexibility index (Phi) is 5.25. The highest BCUT2D eigenvalue weighted by Gasteiger charge is 2.25. The van der Waals surface area contributed by atoms with Crippen LogP contribution >= 0.6 is 11.3 Å². The Bertz CT molecular complexity index is 707. The molecule has 1 aliphatic heterocycles. The van der Waals surface area contributed by atoms with Gasteiger partial charge in [0.05, 0.1) is 0 Å². The van der Waals surface area contributed by atoms with Crippen molar-refractivity contribution in [1.29, 1.82) is 0 Å². The molecule has 3 heterocycles. The van der Waals surface area contributed by atoms with Crippen molar-refractivity contribution in [2.45, 2.75) is 26.3 Å². The van der Waals surface area contributed by atoms with Crippen LogP contribution < -0.4 is 5.32 Å². The number of likely N-dealkylation sites (tertiary alicyclic amines) is 1. The molecule has 126 valence electrons. The van der Waals surface area contributed by atoms with Crippen LogP contribution in [-0.2, 0) is 16.1 Å². The molecule has 6 heteroatoms. The van der Waals surface area contributed by atoms with Crippen LogP contribution in [0, 0.1) is 5.92 Å². The molecular formula is C18H21N3O2S. The standard InChI is InChI=1S/C18H21N3O2S/c1-13(22)21-5-2-15(3-6-21)18(23)20-10-14-8-17(11-19-9-14)16-4-7-24-12-16/h4,7-9,11-12,15H,2-3,5-6,10H2,1H3,(H,20,23). The Morgan fingerprint density at radius 3 is 2.75 bits per heavy atom. The summed E-state index contributed by atoms with van der Waals surface area (Å²) < 4.78 is 0. The van der Waals surface area contributed by atoms with Gasteiger partial charge in [0.2, 0.25) is 11.8 Å². The molecule has 2 aromatic rings. The number of hydrogen-bond acceptors (Lipinski definition) is 4. The van der Waals surface area contributed by atoms with Crippen LogP contribution in [0.4, 0.5) is 0 Å². The van der Waals surface area contributed by atoms with Crippen LogP contribution in [0.15, 0.2) is 35.3 Å². The summed E-state index contributed by atoms with van der Waals surface area (Å²) in [4.78, 5) is 29.7. The number of hydrogen-bond donors (Lipinski definition) is 1. The average Bonchev–Trinajstić information content (AvgIpc) is 3.15. The van der Waals surface area contributed by atoms with Crippen molar-refractivity contribution in [1.82, 2.24) is 15.2 Å². The van der Waals surface area contributed by atoms with Gasteiger partial charge in [-0.05, 0) is 46.9 Å². The molecule has 3 rings (SSSR count). The molecule has 2 amide bonds. The van der Waals surface area contributed by atoms with Crippen LogP contribution in [0.25, 0.3) is 11.1 Å². The Labute approximate surface area is 145 Å². The monoisotopic (exact) mass is 343 g/mol. The van der Waals surface area contributed by atoms with E-state index in [1.807, 2.05) is 11.6 Å². The molecule has 24 heavy (non-hydrogen) atoms. The number of nitrogens with zero attached hydrogens (tertiary/aromatic N) is 2. The second-order valence-electron chi connectivity index (χ2n) is 6.09. The van der Waals surface area contributed by atoms with Crippen molar-refractivity contribution < 1.29 is 9.59 Å². The number of amides is 2. The number of piperidine rings is 1. The van der Waals surface area contributed by atoms with Gasteiger partial charge in [-0.2, -0.15) is 11.3 Å². The second kappa shape index (κ2) is 7.57. The molecule has 0 bridgehead atoms. The van der Waals surface area contributed by atoms with Crippen molar-refractivity contribution in [3.63, 3.8) is 0 Å². The molecule has 0 saturated carbocycles. The van der Waals surface area contributed by atoms with Crippen molar-refractivity contribution in [2.24, 2.45) is 5.92 Å². The van der Waals surface area contributed by atoms with Gasteiger partial charge in [0.15, 0.2) is 0 Å². The fraction of sp³-hybridized carbons (Fsp3) is 0.389. The third-order valence-corrected chi connectivity index (χ3v) is 5.11. The van der Waals surface area contributed by atoms with Crippen LogP contribution in [0.2, 0.25) is 0 Å².